The number of fused-ring (bicyclic) bond motifs is 1. The Morgan fingerprint density at radius 2 is 1.58 bits per heavy atom. The molecule has 0 saturated carbocycles. The predicted molar refractivity (Wildman–Crippen MR) is 217 cm³/mol. The molecule has 14 heteroatoms. The van der Waals surface area contributed by atoms with E-state index in [4.69, 9.17) is 18.9 Å². The summed E-state index contributed by atoms with van der Waals surface area (Å²) in [6, 6.07) is 22.7. The number of aliphatic hydroxyl groups is 2. The van der Waals surface area contributed by atoms with Gasteiger partial charge in [0, 0.05) is 49.7 Å². The van der Waals surface area contributed by atoms with Crippen LogP contribution in [0.3, 0.4) is 0 Å². The van der Waals surface area contributed by atoms with E-state index in [0.29, 0.717) is 16.7 Å². The van der Waals surface area contributed by atoms with Crippen LogP contribution in [0, 0.1) is 0 Å². The highest BCUT2D eigenvalue weighted by Crippen LogP contribution is 2.47. The highest BCUT2D eigenvalue weighted by molar-refractivity contribution is 5.98. The van der Waals surface area contributed by atoms with Crippen molar-refractivity contribution in [3.63, 3.8) is 0 Å². The average Bonchev–Trinajstić information content (AvgIpc) is 3.61. The number of nitrogens with zero attached hydrogens (tertiary/aromatic N) is 1. The Kier molecular flexibility index (Phi) is 14.6. The van der Waals surface area contributed by atoms with Crippen molar-refractivity contribution in [2.45, 2.75) is 94.8 Å². The summed E-state index contributed by atoms with van der Waals surface area (Å²) in [5.74, 6) is -4.45. The summed E-state index contributed by atoms with van der Waals surface area (Å²) in [5, 5.41) is 25.9. The van der Waals surface area contributed by atoms with Crippen molar-refractivity contribution < 1.29 is 53.1 Å². The Labute approximate surface area is 344 Å². The molecule has 0 radical (unpaired) electrons. The van der Waals surface area contributed by atoms with Crippen LogP contribution in [-0.4, -0.2) is 108 Å². The van der Waals surface area contributed by atoms with E-state index in [1.54, 1.807) is 71.3 Å². The highest BCUT2D eigenvalue weighted by Gasteiger charge is 2.55. The number of aliphatic hydroxyl groups excluding tert-OH is 2. The molecule has 2 aliphatic rings. The fourth-order valence-corrected chi connectivity index (χ4v) is 6.71. The number of nitrogens with one attached hydrogen (secondary N) is 2. The van der Waals surface area contributed by atoms with Gasteiger partial charge in [0.25, 0.3) is 0 Å². The van der Waals surface area contributed by atoms with Crippen molar-refractivity contribution in [1.29, 1.82) is 0 Å². The van der Waals surface area contributed by atoms with Crippen molar-refractivity contribution in [3.8, 4) is 0 Å². The lowest BCUT2D eigenvalue weighted by molar-refractivity contribution is -0.157. The zero-order valence-corrected chi connectivity index (χ0v) is 34.1. The van der Waals surface area contributed by atoms with Gasteiger partial charge in [-0.15, -0.1) is 0 Å². The van der Waals surface area contributed by atoms with Gasteiger partial charge < -0.3 is 44.7 Å². The maximum Gasteiger partial charge on any atom is 0.338 e. The molecule has 0 unspecified atom stereocenters. The molecule has 3 amide bonds. The summed E-state index contributed by atoms with van der Waals surface area (Å²) in [7, 11) is 3.26. The van der Waals surface area contributed by atoms with E-state index in [9.17, 15) is 34.2 Å². The van der Waals surface area contributed by atoms with Crippen LogP contribution in [0.25, 0.3) is 6.08 Å². The third-order valence-electron chi connectivity index (χ3n) is 9.66. The van der Waals surface area contributed by atoms with Crippen molar-refractivity contribution in [3.05, 3.63) is 125 Å². The minimum Gasteiger partial charge on any atom is -0.460 e. The molecule has 0 aromatic heterocycles. The van der Waals surface area contributed by atoms with Crippen LogP contribution in [0.5, 0.6) is 0 Å². The molecule has 3 aromatic carbocycles. The van der Waals surface area contributed by atoms with Gasteiger partial charge in [0.1, 0.15) is 30.0 Å². The standard InChI is InChI=1S/C45H53N3O11/c1-28(50)39(42(54)46-34(27-49)21-23-38(52)58-44(2,3)4)47-41(53)31-25-35(56-43(55)30-15-13-14-29(24-30)20-22-37(51)48(5)6)40-36(26-31)57-45(59-40,32-16-9-7-10-17-32)33-18-11-8-12-19-33/h7-20,22,24,26,28,34-36,39-40,49-50H,21,23,25,27H2,1-6H3,(H,46,54)(H,47,53)/t28-,34-,35+,36+,39+,40-/m0/s1. The molecule has 1 saturated heterocycles. The van der Waals surface area contributed by atoms with E-state index >= 15 is 0 Å². The smallest absolute Gasteiger partial charge is 0.338 e. The molecular weight excluding hydrogens is 759 g/mol. The molecule has 0 bridgehead atoms. The second-order valence-corrected chi connectivity index (χ2v) is 15.7. The lowest BCUT2D eigenvalue weighted by Gasteiger charge is -2.32. The van der Waals surface area contributed by atoms with Crippen molar-refractivity contribution in [2.75, 3.05) is 20.7 Å². The van der Waals surface area contributed by atoms with Crippen LogP contribution in [0.15, 0.2) is 103 Å². The minimum atomic E-state index is -1.47. The number of hydrogen-bond acceptors (Lipinski definition) is 11. The highest BCUT2D eigenvalue weighted by atomic mass is 16.8. The van der Waals surface area contributed by atoms with Crippen molar-refractivity contribution >= 4 is 35.7 Å². The molecular formula is C45H53N3O11. The summed E-state index contributed by atoms with van der Waals surface area (Å²) < 4.78 is 25.0. The van der Waals surface area contributed by atoms with E-state index < -0.39 is 78.2 Å². The molecule has 1 aliphatic carbocycles. The maximum absolute atomic E-state index is 14.1. The Hall–Kier alpha value is -5.67. The zero-order chi connectivity index (χ0) is 42.9. The number of carbonyl (C=O) groups is 5. The Morgan fingerprint density at radius 3 is 2.15 bits per heavy atom. The first-order valence-corrected chi connectivity index (χ1v) is 19.5. The van der Waals surface area contributed by atoms with Gasteiger partial charge in [0.15, 0.2) is 0 Å². The Balaban J connectivity index is 1.42. The molecule has 1 aliphatic heterocycles. The molecule has 0 spiro atoms. The van der Waals surface area contributed by atoms with Crippen LogP contribution in [-0.2, 0) is 43.9 Å². The van der Waals surface area contributed by atoms with Crippen molar-refractivity contribution in [1.82, 2.24) is 15.5 Å². The summed E-state index contributed by atoms with van der Waals surface area (Å²) in [6.07, 6.45) is 0.0686. The lowest BCUT2D eigenvalue weighted by Crippen LogP contribution is -2.55. The van der Waals surface area contributed by atoms with E-state index in [1.807, 2.05) is 60.7 Å². The van der Waals surface area contributed by atoms with Gasteiger partial charge in [-0.25, -0.2) is 4.79 Å². The number of rotatable bonds is 15. The molecule has 6 atom stereocenters. The number of esters is 2. The van der Waals surface area contributed by atoms with Gasteiger partial charge in [-0.05, 0) is 64.0 Å². The summed E-state index contributed by atoms with van der Waals surface area (Å²) in [6.45, 7) is 6.00. The first-order chi connectivity index (χ1) is 28.0. The second-order valence-electron chi connectivity index (χ2n) is 15.7. The fraction of sp³-hybridized carbons (Fsp3) is 0.400. The van der Waals surface area contributed by atoms with E-state index in [0.717, 1.165) is 0 Å². The van der Waals surface area contributed by atoms with Crippen LogP contribution in [0.2, 0.25) is 0 Å². The molecule has 5 rings (SSSR count). The fourth-order valence-electron chi connectivity index (χ4n) is 6.71. The maximum atomic E-state index is 14.1. The van der Waals surface area contributed by atoms with Gasteiger partial charge in [0.05, 0.1) is 24.3 Å². The van der Waals surface area contributed by atoms with Gasteiger partial charge in [-0.1, -0.05) is 72.8 Å². The third-order valence-corrected chi connectivity index (χ3v) is 9.66. The summed E-state index contributed by atoms with van der Waals surface area (Å²) in [4.78, 5) is 67.3. The van der Waals surface area contributed by atoms with E-state index in [-0.39, 0.29) is 36.3 Å². The first kappa shape index (κ1) is 44.4. The Morgan fingerprint density at radius 1 is 0.932 bits per heavy atom. The zero-order valence-electron chi connectivity index (χ0n) is 34.1. The number of likely N-dealkylation sites (N-methyl/N-ethyl adjacent to an activating group) is 1. The first-order valence-electron chi connectivity index (χ1n) is 19.5. The topological polar surface area (TPSA) is 190 Å². The molecule has 1 heterocycles. The normalized spacial score (nSPS) is 20.0. The van der Waals surface area contributed by atoms with Gasteiger partial charge in [-0.2, -0.15) is 0 Å². The summed E-state index contributed by atoms with van der Waals surface area (Å²) >= 11 is 0. The Bertz CT molecular complexity index is 1990. The minimum absolute atomic E-state index is 0.0498. The van der Waals surface area contributed by atoms with Gasteiger partial charge in [-0.3, -0.25) is 19.2 Å². The lowest BCUT2D eigenvalue weighted by atomic mass is 9.91. The van der Waals surface area contributed by atoms with Crippen LogP contribution in [0.1, 0.15) is 74.0 Å². The van der Waals surface area contributed by atoms with Crippen molar-refractivity contribution in [2.24, 2.45) is 0 Å². The number of benzene rings is 3. The van der Waals surface area contributed by atoms with E-state index in [2.05, 4.69) is 10.6 Å². The molecule has 3 aromatic rings. The quantitative estimate of drug-likeness (QED) is 0.129. The largest absolute Gasteiger partial charge is 0.460 e. The number of hydrogen-bond donors (Lipinski definition) is 4. The average molecular weight is 812 g/mol. The third kappa shape index (κ3) is 11.5. The number of ether oxygens (including phenoxy) is 4. The van der Waals surface area contributed by atoms with Crippen LogP contribution < -0.4 is 10.6 Å². The summed E-state index contributed by atoms with van der Waals surface area (Å²) in [5.41, 5.74) is 1.48. The van der Waals surface area contributed by atoms with Gasteiger partial charge in [0.2, 0.25) is 23.5 Å². The predicted octanol–water partition coefficient (Wildman–Crippen LogP) is 3.79. The molecule has 4 N–H and O–H groups in total. The van der Waals surface area contributed by atoms with Crippen LogP contribution >= 0.6 is 0 Å². The molecule has 314 valence electrons. The SMILES string of the molecule is C[C@H](O)[C@@H](NC(=O)C1=C[C@H]2OC(c3ccccc3)(c3ccccc3)O[C@H]2[C@H](OC(=O)c2cccc(C=CC(=O)N(C)C)c2)C1)C(=O)N[C@H](CO)CCC(=O)OC(C)(C)C. The molecule has 14 nitrogen and oxygen atoms in total. The number of carbonyl (C=O) groups excluding carboxylic acids is 5. The van der Waals surface area contributed by atoms with Crippen LogP contribution in [0.4, 0.5) is 0 Å². The molecule has 1 fully saturated rings. The second kappa shape index (κ2) is 19.4. The van der Waals surface area contributed by atoms with E-state index in [1.165, 1.54) is 17.9 Å². The monoisotopic (exact) mass is 811 g/mol. The number of amides is 3. The molecule has 59 heavy (non-hydrogen) atoms. The van der Waals surface area contributed by atoms with Gasteiger partial charge >= 0.3 is 11.9 Å².